The second-order valence-electron chi connectivity index (χ2n) is 5.60. The standard InChI is InChI=1S/C18H16N6O/c1-13(19-17-11-12-18-20-22-23-24(18)21-17)14-7-9-16(10-8-14)25-15-5-3-2-4-6-15/h2-13H,1H3,(H,19,21). The molecule has 0 amide bonds. The molecule has 2 heterocycles. The summed E-state index contributed by atoms with van der Waals surface area (Å²) in [5.41, 5.74) is 1.74. The van der Waals surface area contributed by atoms with Gasteiger partial charge in [-0.05, 0) is 59.3 Å². The van der Waals surface area contributed by atoms with E-state index in [1.807, 2.05) is 66.7 Å². The van der Waals surface area contributed by atoms with Crippen LogP contribution < -0.4 is 10.1 Å². The van der Waals surface area contributed by atoms with Crippen molar-refractivity contribution >= 4 is 11.5 Å². The topological polar surface area (TPSA) is 77.2 Å². The number of hydrogen-bond acceptors (Lipinski definition) is 6. The molecule has 124 valence electrons. The Kier molecular flexibility index (Phi) is 3.96. The first-order chi connectivity index (χ1) is 12.3. The smallest absolute Gasteiger partial charge is 0.200 e. The fourth-order valence-corrected chi connectivity index (χ4v) is 2.48. The molecule has 4 rings (SSSR count). The Labute approximate surface area is 144 Å². The number of fused-ring (bicyclic) bond motifs is 1. The molecule has 25 heavy (non-hydrogen) atoms. The lowest BCUT2D eigenvalue weighted by atomic mass is 10.1. The van der Waals surface area contributed by atoms with Crippen LogP contribution in [0.3, 0.4) is 0 Å². The normalized spacial score (nSPS) is 12.0. The van der Waals surface area contributed by atoms with E-state index in [1.54, 1.807) is 0 Å². The third-order valence-electron chi connectivity index (χ3n) is 3.79. The molecule has 1 unspecified atom stereocenters. The Bertz CT molecular complexity index is 968. The van der Waals surface area contributed by atoms with Crippen LogP contribution in [0.25, 0.3) is 5.65 Å². The van der Waals surface area contributed by atoms with E-state index in [0.29, 0.717) is 11.5 Å². The summed E-state index contributed by atoms with van der Waals surface area (Å²) in [6.45, 7) is 2.07. The highest BCUT2D eigenvalue weighted by Gasteiger charge is 2.08. The molecule has 0 saturated carbocycles. The maximum absolute atomic E-state index is 5.81. The molecule has 0 saturated heterocycles. The van der Waals surface area contributed by atoms with Crippen LogP contribution in [0.15, 0.2) is 66.7 Å². The highest BCUT2D eigenvalue weighted by Crippen LogP contribution is 2.24. The average Bonchev–Trinajstić information content (AvgIpc) is 3.11. The largest absolute Gasteiger partial charge is 0.457 e. The Morgan fingerprint density at radius 3 is 2.48 bits per heavy atom. The first kappa shape index (κ1) is 15.1. The zero-order chi connectivity index (χ0) is 17.1. The van der Waals surface area contributed by atoms with Crippen molar-refractivity contribution in [2.24, 2.45) is 0 Å². The van der Waals surface area contributed by atoms with E-state index in [1.165, 1.54) is 4.63 Å². The van der Waals surface area contributed by atoms with E-state index in [2.05, 4.69) is 32.9 Å². The van der Waals surface area contributed by atoms with Crippen LogP contribution in [-0.2, 0) is 0 Å². The fourth-order valence-electron chi connectivity index (χ4n) is 2.48. The predicted molar refractivity (Wildman–Crippen MR) is 93.6 cm³/mol. The Hall–Kier alpha value is -3.48. The third kappa shape index (κ3) is 3.40. The number of anilines is 1. The zero-order valence-corrected chi connectivity index (χ0v) is 13.6. The van der Waals surface area contributed by atoms with Gasteiger partial charge < -0.3 is 10.1 Å². The van der Waals surface area contributed by atoms with Gasteiger partial charge >= 0.3 is 0 Å². The molecule has 0 aliphatic rings. The lowest BCUT2D eigenvalue weighted by Gasteiger charge is -2.15. The number of aromatic nitrogens is 5. The molecular formula is C18H16N6O. The second kappa shape index (κ2) is 6.56. The van der Waals surface area contributed by atoms with Crippen molar-refractivity contribution in [3.8, 4) is 11.5 Å². The third-order valence-corrected chi connectivity index (χ3v) is 3.79. The number of tetrazole rings is 1. The zero-order valence-electron chi connectivity index (χ0n) is 13.6. The van der Waals surface area contributed by atoms with E-state index in [4.69, 9.17) is 4.74 Å². The van der Waals surface area contributed by atoms with Crippen LogP contribution in [0, 0.1) is 0 Å². The summed E-state index contributed by atoms with van der Waals surface area (Å²) in [5.74, 6) is 2.33. The molecule has 7 heteroatoms. The number of para-hydroxylation sites is 1. The summed E-state index contributed by atoms with van der Waals surface area (Å²) >= 11 is 0. The van der Waals surface area contributed by atoms with Gasteiger partial charge in [0, 0.05) is 0 Å². The number of hydrogen-bond donors (Lipinski definition) is 1. The summed E-state index contributed by atoms with van der Waals surface area (Å²) in [6.07, 6.45) is 0. The molecule has 2 aromatic heterocycles. The number of nitrogens with zero attached hydrogens (tertiary/aromatic N) is 5. The SMILES string of the molecule is CC(Nc1ccc2nnnn2n1)c1ccc(Oc2ccccc2)cc1. The number of benzene rings is 2. The van der Waals surface area contributed by atoms with E-state index in [-0.39, 0.29) is 6.04 Å². The fraction of sp³-hybridized carbons (Fsp3) is 0.111. The van der Waals surface area contributed by atoms with Gasteiger partial charge in [-0.25, -0.2) is 0 Å². The monoisotopic (exact) mass is 332 g/mol. The number of rotatable bonds is 5. The number of ether oxygens (including phenoxy) is 1. The van der Waals surface area contributed by atoms with Crippen molar-refractivity contribution in [3.05, 3.63) is 72.3 Å². The van der Waals surface area contributed by atoms with Crippen LogP contribution in [-0.4, -0.2) is 25.3 Å². The van der Waals surface area contributed by atoms with E-state index in [9.17, 15) is 0 Å². The maximum atomic E-state index is 5.81. The van der Waals surface area contributed by atoms with E-state index in [0.717, 1.165) is 17.1 Å². The van der Waals surface area contributed by atoms with Gasteiger partial charge in [0.25, 0.3) is 0 Å². The molecule has 0 fully saturated rings. The first-order valence-electron chi connectivity index (χ1n) is 7.93. The van der Waals surface area contributed by atoms with Gasteiger partial charge in [-0.3, -0.25) is 0 Å². The lowest BCUT2D eigenvalue weighted by Crippen LogP contribution is -2.09. The van der Waals surface area contributed by atoms with Crippen molar-refractivity contribution in [3.63, 3.8) is 0 Å². The average molecular weight is 332 g/mol. The maximum Gasteiger partial charge on any atom is 0.200 e. The summed E-state index contributed by atoms with van der Waals surface area (Å²) < 4.78 is 7.21. The van der Waals surface area contributed by atoms with Crippen LogP contribution in [0.5, 0.6) is 11.5 Å². The Morgan fingerprint density at radius 1 is 0.920 bits per heavy atom. The Balaban J connectivity index is 1.45. The van der Waals surface area contributed by atoms with Crippen molar-refractivity contribution < 1.29 is 4.74 Å². The molecule has 0 aliphatic carbocycles. The highest BCUT2D eigenvalue weighted by atomic mass is 16.5. The van der Waals surface area contributed by atoms with Crippen molar-refractivity contribution in [1.29, 1.82) is 0 Å². The van der Waals surface area contributed by atoms with Crippen molar-refractivity contribution in [1.82, 2.24) is 25.3 Å². The van der Waals surface area contributed by atoms with Gasteiger partial charge in [0.2, 0.25) is 0 Å². The summed E-state index contributed by atoms with van der Waals surface area (Å²) in [5, 5.41) is 18.9. The van der Waals surface area contributed by atoms with Gasteiger partial charge in [0.05, 0.1) is 6.04 Å². The second-order valence-corrected chi connectivity index (χ2v) is 5.60. The predicted octanol–water partition coefficient (Wildman–Crippen LogP) is 3.48. The van der Waals surface area contributed by atoms with Crippen LogP contribution in [0.2, 0.25) is 0 Å². The highest BCUT2D eigenvalue weighted by molar-refractivity contribution is 5.44. The molecule has 2 aromatic carbocycles. The molecule has 0 spiro atoms. The Morgan fingerprint density at radius 2 is 1.68 bits per heavy atom. The minimum Gasteiger partial charge on any atom is -0.457 e. The first-order valence-corrected chi connectivity index (χ1v) is 7.93. The van der Waals surface area contributed by atoms with Crippen LogP contribution in [0.1, 0.15) is 18.5 Å². The van der Waals surface area contributed by atoms with E-state index >= 15 is 0 Å². The van der Waals surface area contributed by atoms with Gasteiger partial charge in [0.15, 0.2) is 5.65 Å². The minimum atomic E-state index is 0.0761. The summed E-state index contributed by atoms with van der Waals surface area (Å²) in [6, 6.07) is 21.4. The molecule has 0 bridgehead atoms. The molecular weight excluding hydrogens is 316 g/mol. The molecule has 1 atom stereocenters. The van der Waals surface area contributed by atoms with Gasteiger partial charge in [0.1, 0.15) is 17.3 Å². The summed E-state index contributed by atoms with van der Waals surface area (Å²) in [7, 11) is 0. The molecule has 1 N–H and O–H groups in total. The quantitative estimate of drug-likeness (QED) is 0.603. The van der Waals surface area contributed by atoms with Crippen LogP contribution >= 0.6 is 0 Å². The molecule has 0 aliphatic heterocycles. The number of nitrogens with one attached hydrogen (secondary N) is 1. The lowest BCUT2D eigenvalue weighted by molar-refractivity contribution is 0.482. The van der Waals surface area contributed by atoms with Gasteiger partial charge in [-0.2, -0.15) is 0 Å². The van der Waals surface area contributed by atoms with Crippen LogP contribution in [0.4, 0.5) is 5.82 Å². The molecule has 4 aromatic rings. The van der Waals surface area contributed by atoms with Crippen molar-refractivity contribution in [2.75, 3.05) is 5.32 Å². The molecule has 7 nitrogen and oxygen atoms in total. The van der Waals surface area contributed by atoms with Crippen molar-refractivity contribution in [2.45, 2.75) is 13.0 Å². The van der Waals surface area contributed by atoms with E-state index < -0.39 is 0 Å². The van der Waals surface area contributed by atoms with Gasteiger partial charge in [-0.1, -0.05) is 30.3 Å². The minimum absolute atomic E-state index is 0.0761. The summed E-state index contributed by atoms with van der Waals surface area (Å²) in [4.78, 5) is 0. The van der Waals surface area contributed by atoms with Gasteiger partial charge in [-0.15, -0.1) is 14.8 Å². The molecule has 0 radical (unpaired) electrons.